The van der Waals surface area contributed by atoms with Crippen molar-refractivity contribution >= 4 is 33.3 Å². The fourth-order valence-corrected chi connectivity index (χ4v) is 3.40. The zero-order valence-electron chi connectivity index (χ0n) is 16.6. The van der Waals surface area contributed by atoms with Gasteiger partial charge in [-0.3, -0.25) is 14.8 Å². The minimum Gasteiger partial charge on any atom is -0.325 e. The first-order chi connectivity index (χ1) is 13.4. The third-order valence-corrected chi connectivity index (χ3v) is 4.91. The van der Waals surface area contributed by atoms with E-state index in [0.717, 1.165) is 44.3 Å². The van der Waals surface area contributed by atoms with E-state index >= 15 is 0 Å². The van der Waals surface area contributed by atoms with Gasteiger partial charge in [0.05, 0.1) is 16.9 Å². The number of pyridine rings is 2. The molecule has 1 N–H and O–H groups in total. The Morgan fingerprint density at radius 2 is 1.64 bits per heavy atom. The molecule has 1 amide bonds. The van der Waals surface area contributed by atoms with E-state index in [4.69, 9.17) is 4.98 Å². The van der Waals surface area contributed by atoms with Gasteiger partial charge in [-0.1, -0.05) is 57.2 Å². The summed E-state index contributed by atoms with van der Waals surface area (Å²) in [6.07, 6.45) is 1.83. The maximum absolute atomic E-state index is 12.6. The zero-order valence-corrected chi connectivity index (χ0v) is 16.6. The Morgan fingerprint density at radius 1 is 0.929 bits per heavy atom. The number of carbonyl (C=O) groups is 1. The molecule has 4 rings (SSSR count). The molecule has 140 valence electrons. The Hall–Kier alpha value is -3.27. The fourth-order valence-electron chi connectivity index (χ4n) is 3.40. The number of hydrogen-bond donors (Lipinski definition) is 1. The van der Waals surface area contributed by atoms with Crippen LogP contribution in [0.15, 0.2) is 60.8 Å². The standard InChI is InChI=1S/C24H23N3O/c1-15-21-17(16-9-5-7-11-19(16)26-15)13-14-25-22(21)18-10-6-8-12-20(18)27-23(28)24(2,3)4/h5-14H,1-4H3,(H,27,28). The van der Waals surface area contributed by atoms with E-state index < -0.39 is 5.41 Å². The van der Waals surface area contributed by atoms with Crippen molar-refractivity contribution in [2.24, 2.45) is 5.41 Å². The summed E-state index contributed by atoms with van der Waals surface area (Å²) >= 11 is 0. The van der Waals surface area contributed by atoms with Gasteiger partial charge in [-0.15, -0.1) is 0 Å². The molecule has 0 atom stereocenters. The summed E-state index contributed by atoms with van der Waals surface area (Å²) in [5.41, 5.74) is 3.90. The molecule has 0 saturated carbocycles. The maximum Gasteiger partial charge on any atom is 0.229 e. The molecule has 0 aliphatic heterocycles. The van der Waals surface area contributed by atoms with E-state index in [2.05, 4.69) is 16.4 Å². The van der Waals surface area contributed by atoms with Crippen LogP contribution >= 0.6 is 0 Å². The molecular formula is C24H23N3O. The highest BCUT2D eigenvalue weighted by Gasteiger charge is 2.23. The van der Waals surface area contributed by atoms with Gasteiger partial charge in [0.2, 0.25) is 5.91 Å². The predicted molar refractivity (Wildman–Crippen MR) is 115 cm³/mol. The highest BCUT2D eigenvalue weighted by Crippen LogP contribution is 2.36. The maximum atomic E-state index is 12.6. The van der Waals surface area contributed by atoms with E-state index in [1.54, 1.807) is 0 Å². The van der Waals surface area contributed by atoms with Crippen molar-refractivity contribution in [1.82, 2.24) is 9.97 Å². The van der Waals surface area contributed by atoms with Gasteiger partial charge in [0.15, 0.2) is 0 Å². The molecule has 4 heteroatoms. The average Bonchev–Trinajstić information content (AvgIpc) is 2.67. The zero-order chi connectivity index (χ0) is 19.9. The highest BCUT2D eigenvalue weighted by molar-refractivity contribution is 6.12. The Bertz CT molecular complexity index is 1210. The van der Waals surface area contributed by atoms with Crippen molar-refractivity contribution in [1.29, 1.82) is 0 Å². The largest absolute Gasteiger partial charge is 0.325 e. The molecule has 2 aromatic carbocycles. The van der Waals surface area contributed by atoms with E-state index in [-0.39, 0.29) is 5.91 Å². The first-order valence-corrected chi connectivity index (χ1v) is 9.41. The van der Waals surface area contributed by atoms with Crippen LogP contribution in [0.4, 0.5) is 5.69 Å². The molecule has 0 fully saturated rings. The van der Waals surface area contributed by atoms with Gasteiger partial charge in [-0.05, 0) is 30.5 Å². The molecule has 0 radical (unpaired) electrons. The van der Waals surface area contributed by atoms with Crippen LogP contribution in [0.2, 0.25) is 0 Å². The number of nitrogens with zero attached hydrogens (tertiary/aromatic N) is 2. The van der Waals surface area contributed by atoms with Gasteiger partial charge in [-0.25, -0.2) is 0 Å². The van der Waals surface area contributed by atoms with Gasteiger partial charge >= 0.3 is 0 Å². The van der Waals surface area contributed by atoms with Crippen LogP contribution in [0.1, 0.15) is 26.5 Å². The lowest BCUT2D eigenvalue weighted by Gasteiger charge is -2.20. The number of aromatic nitrogens is 2. The predicted octanol–water partition coefficient (Wildman–Crippen LogP) is 5.74. The molecule has 0 aliphatic carbocycles. The third-order valence-electron chi connectivity index (χ3n) is 4.91. The number of carbonyl (C=O) groups excluding carboxylic acids is 1. The molecule has 0 spiro atoms. The molecular weight excluding hydrogens is 346 g/mol. The van der Waals surface area contributed by atoms with Crippen LogP contribution in [-0.2, 0) is 4.79 Å². The van der Waals surface area contributed by atoms with Gasteiger partial charge in [0.1, 0.15) is 0 Å². The molecule has 0 saturated heterocycles. The van der Waals surface area contributed by atoms with Crippen LogP contribution in [0, 0.1) is 12.3 Å². The van der Waals surface area contributed by atoms with Gasteiger partial charge in [0.25, 0.3) is 0 Å². The highest BCUT2D eigenvalue weighted by atomic mass is 16.2. The normalized spacial score (nSPS) is 11.7. The Balaban J connectivity index is 1.96. The molecule has 2 heterocycles. The second kappa shape index (κ2) is 6.71. The van der Waals surface area contributed by atoms with Crippen LogP contribution in [0.3, 0.4) is 0 Å². The van der Waals surface area contributed by atoms with Gasteiger partial charge in [-0.2, -0.15) is 0 Å². The summed E-state index contributed by atoms with van der Waals surface area (Å²) in [6, 6.07) is 18.0. The van der Waals surface area contributed by atoms with Crippen LogP contribution in [0.5, 0.6) is 0 Å². The van der Waals surface area contributed by atoms with E-state index in [1.165, 1.54) is 0 Å². The third kappa shape index (κ3) is 3.11. The van der Waals surface area contributed by atoms with E-state index in [0.29, 0.717) is 0 Å². The Morgan fingerprint density at radius 3 is 2.43 bits per heavy atom. The smallest absolute Gasteiger partial charge is 0.229 e. The fraction of sp³-hybridized carbons (Fsp3) is 0.208. The minimum absolute atomic E-state index is 0.0273. The summed E-state index contributed by atoms with van der Waals surface area (Å²) in [7, 11) is 0. The Kier molecular flexibility index (Phi) is 4.34. The first-order valence-electron chi connectivity index (χ1n) is 9.41. The lowest BCUT2D eigenvalue weighted by Crippen LogP contribution is -2.27. The van der Waals surface area contributed by atoms with Gasteiger partial charge < -0.3 is 5.32 Å². The monoisotopic (exact) mass is 369 g/mol. The van der Waals surface area contributed by atoms with Crippen LogP contribution < -0.4 is 5.32 Å². The number of benzene rings is 2. The lowest BCUT2D eigenvalue weighted by molar-refractivity contribution is -0.123. The summed E-state index contributed by atoms with van der Waals surface area (Å²) in [5.74, 6) is -0.0273. The van der Waals surface area contributed by atoms with Gasteiger partial charge in [0, 0.05) is 33.6 Å². The molecule has 0 aliphatic rings. The molecule has 0 unspecified atom stereocenters. The topological polar surface area (TPSA) is 54.9 Å². The summed E-state index contributed by atoms with van der Waals surface area (Å²) in [6.45, 7) is 7.72. The van der Waals surface area contributed by atoms with Crippen molar-refractivity contribution in [3.8, 4) is 11.3 Å². The van der Waals surface area contributed by atoms with E-state index in [1.807, 2.05) is 82.4 Å². The van der Waals surface area contributed by atoms with Crippen molar-refractivity contribution in [3.05, 3.63) is 66.5 Å². The SMILES string of the molecule is Cc1nc2ccccc2c2ccnc(-c3ccccc3NC(=O)C(C)(C)C)c12. The molecule has 28 heavy (non-hydrogen) atoms. The number of rotatable bonds is 2. The summed E-state index contributed by atoms with van der Waals surface area (Å²) < 4.78 is 0. The molecule has 4 nitrogen and oxygen atoms in total. The number of aryl methyl sites for hydroxylation is 1. The number of para-hydroxylation sites is 2. The average molecular weight is 369 g/mol. The van der Waals surface area contributed by atoms with E-state index in [9.17, 15) is 4.79 Å². The lowest BCUT2D eigenvalue weighted by atomic mass is 9.94. The number of hydrogen-bond acceptors (Lipinski definition) is 3. The van der Waals surface area contributed by atoms with Crippen molar-refractivity contribution < 1.29 is 4.79 Å². The van der Waals surface area contributed by atoms with Crippen LogP contribution in [0.25, 0.3) is 32.9 Å². The number of anilines is 1. The van der Waals surface area contributed by atoms with Crippen molar-refractivity contribution in [2.75, 3.05) is 5.32 Å². The Labute approximate surface area is 164 Å². The number of amides is 1. The quantitative estimate of drug-likeness (QED) is 0.458. The molecule has 4 aromatic rings. The van der Waals surface area contributed by atoms with Crippen molar-refractivity contribution in [2.45, 2.75) is 27.7 Å². The summed E-state index contributed by atoms with van der Waals surface area (Å²) in [4.78, 5) is 22.1. The second-order valence-corrected chi connectivity index (χ2v) is 8.05. The first kappa shape index (κ1) is 18.1. The summed E-state index contributed by atoms with van der Waals surface area (Å²) in [5, 5.41) is 6.30. The minimum atomic E-state index is -0.479. The molecule has 0 bridgehead atoms. The van der Waals surface area contributed by atoms with Crippen molar-refractivity contribution in [3.63, 3.8) is 0 Å². The second-order valence-electron chi connectivity index (χ2n) is 8.05. The number of nitrogens with one attached hydrogen (secondary N) is 1. The van der Waals surface area contributed by atoms with Crippen LogP contribution in [-0.4, -0.2) is 15.9 Å². The number of fused-ring (bicyclic) bond motifs is 3. The molecule has 2 aromatic heterocycles.